The van der Waals surface area contributed by atoms with E-state index in [1.165, 1.54) is 12.8 Å². The molecule has 4 rings (SSSR count). The second-order valence-corrected chi connectivity index (χ2v) is 11.3. The number of rotatable bonds is 8. The lowest BCUT2D eigenvalue weighted by Gasteiger charge is -2.28. The fourth-order valence-electron chi connectivity index (χ4n) is 4.86. The molecule has 2 aliphatic carbocycles. The average molecular weight is 529 g/mol. The molecule has 182 valence electrons. The molecule has 2 aromatic rings. The van der Waals surface area contributed by atoms with E-state index in [0.717, 1.165) is 24.1 Å². The molecule has 7 nitrogen and oxygen atoms in total. The van der Waals surface area contributed by atoms with Crippen molar-refractivity contribution in [2.24, 2.45) is 11.3 Å². The molecule has 0 aromatic carbocycles. The zero-order valence-corrected chi connectivity index (χ0v) is 21.9. The van der Waals surface area contributed by atoms with Crippen molar-refractivity contribution >= 4 is 39.2 Å². The third-order valence-electron chi connectivity index (χ3n) is 6.91. The molecule has 0 radical (unpaired) electrons. The van der Waals surface area contributed by atoms with E-state index >= 15 is 0 Å². The summed E-state index contributed by atoms with van der Waals surface area (Å²) in [6, 6.07) is 1.21. The van der Waals surface area contributed by atoms with Crippen LogP contribution in [0.3, 0.4) is 0 Å². The summed E-state index contributed by atoms with van der Waals surface area (Å²) in [5.74, 6) is 0.0983. The number of pyridine rings is 1. The van der Waals surface area contributed by atoms with Gasteiger partial charge >= 0.3 is 0 Å². The lowest BCUT2D eigenvalue weighted by Crippen LogP contribution is -2.44. The Hall–Kier alpha value is -2.48. The summed E-state index contributed by atoms with van der Waals surface area (Å²) in [6.45, 7) is 7.94. The molecule has 0 spiro atoms. The monoisotopic (exact) mass is 528 g/mol. The van der Waals surface area contributed by atoms with Crippen LogP contribution in [0.4, 0.5) is 5.69 Å². The van der Waals surface area contributed by atoms with Crippen molar-refractivity contribution in [2.75, 3.05) is 5.32 Å². The van der Waals surface area contributed by atoms with E-state index in [9.17, 15) is 14.4 Å². The van der Waals surface area contributed by atoms with Gasteiger partial charge in [0.2, 0.25) is 5.91 Å². The highest BCUT2D eigenvalue weighted by Gasteiger charge is 2.36. The number of ketones is 1. The van der Waals surface area contributed by atoms with Crippen molar-refractivity contribution < 1.29 is 14.4 Å². The summed E-state index contributed by atoms with van der Waals surface area (Å²) in [4.78, 5) is 46.7. The van der Waals surface area contributed by atoms with Crippen molar-refractivity contribution in [3.8, 4) is 0 Å². The number of carbonyl (C=O) groups is 3. The summed E-state index contributed by atoms with van der Waals surface area (Å²) in [5.41, 5.74) is 3.97. The number of Topliss-reactive ketones (excluding diaryl/α,β-unsaturated/α-hetero) is 1. The normalized spacial score (nSPS) is 17.7. The van der Waals surface area contributed by atoms with Crippen LogP contribution in [-0.4, -0.2) is 33.6 Å². The Bertz CT molecular complexity index is 1130. The fourth-order valence-corrected chi connectivity index (χ4v) is 5.24. The Morgan fingerprint density at radius 3 is 2.71 bits per heavy atom. The van der Waals surface area contributed by atoms with Gasteiger partial charge in [0, 0.05) is 17.7 Å². The maximum atomic E-state index is 13.3. The van der Waals surface area contributed by atoms with E-state index in [-0.39, 0.29) is 23.0 Å². The standard InChI is InChI=1S/C26H33BrN4O3/c1-5-16-10-21(27)28-13-19(16)31-24(33)17(9-8-15-6-7-15)30-25(34)23-14(2)22-18(29-23)11-26(3,4)12-20(22)32/h10,13,15,17,29H,5-9,11-12H2,1-4H3,(H,30,34)(H,31,33). The number of nitrogens with one attached hydrogen (secondary N) is 3. The predicted molar refractivity (Wildman–Crippen MR) is 135 cm³/mol. The Labute approximate surface area is 209 Å². The first-order valence-electron chi connectivity index (χ1n) is 12.1. The van der Waals surface area contributed by atoms with Gasteiger partial charge in [-0.15, -0.1) is 0 Å². The van der Waals surface area contributed by atoms with Crippen LogP contribution in [-0.2, 0) is 17.6 Å². The molecule has 2 aromatic heterocycles. The number of aryl methyl sites for hydroxylation is 1. The second-order valence-electron chi connectivity index (χ2n) is 10.5. The van der Waals surface area contributed by atoms with Gasteiger partial charge < -0.3 is 15.6 Å². The molecule has 0 bridgehead atoms. The number of aromatic nitrogens is 2. The summed E-state index contributed by atoms with van der Waals surface area (Å²) in [5, 5.41) is 5.92. The van der Waals surface area contributed by atoms with Crippen molar-refractivity contribution in [1.82, 2.24) is 15.3 Å². The van der Waals surface area contributed by atoms with E-state index in [4.69, 9.17) is 0 Å². The molecule has 0 saturated heterocycles. The lowest BCUT2D eigenvalue weighted by molar-refractivity contribution is -0.118. The van der Waals surface area contributed by atoms with E-state index in [1.807, 2.05) is 13.0 Å². The van der Waals surface area contributed by atoms with Crippen LogP contribution >= 0.6 is 15.9 Å². The summed E-state index contributed by atoms with van der Waals surface area (Å²) in [6.07, 6.45) is 7.38. The average Bonchev–Trinajstić information content (AvgIpc) is 3.53. The minimum Gasteiger partial charge on any atom is -0.354 e. The van der Waals surface area contributed by atoms with Crippen LogP contribution in [0.25, 0.3) is 0 Å². The topological polar surface area (TPSA) is 104 Å². The van der Waals surface area contributed by atoms with E-state index in [1.54, 1.807) is 13.1 Å². The van der Waals surface area contributed by atoms with Crippen LogP contribution < -0.4 is 10.6 Å². The number of carbonyl (C=O) groups excluding carboxylic acids is 3. The van der Waals surface area contributed by atoms with Gasteiger partial charge in [0.1, 0.15) is 16.3 Å². The van der Waals surface area contributed by atoms with Crippen LogP contribution in [0.1, 0.15) is 90.5 Å². The third-order valence-corrected chi connectivity index (χ3v) is 7.34. The number of fused-ring (bicyclic) bond motifs is 1. The highest BCUT2D eigenvalue weighted by Crippen LogP contribution is 2.37. The number of hydrogen-bond donors (Lipinski definition) is 3. The van der Waals surface area contributed by atoms with Gasteiger partial charge in [0.25, 0.3) is 5.91 Å². The molecule has 8 heteroatoms. The first-order valence-corrected chi connectivity index (χ1v) is 12.9. The van der Waals surface area contributed by atoms with Crippen LogP contribution in [0, 0.1) is 18.3 Å². The molecule has 2 aliphatic rings. The quantitative estimate of drug-likeness (QED) is 0.413. The molecular formula is C26H33BrN4O3. The van der Waals surface area contributed by atoms with Crippen molar-refractivity contribution in [3.63, 3.8) is 0 Å². The highest BCUT2D eigenvalue weighted by atomic mass is 79.9. The molecule has 34 heavy (non-hydrogen) atoms. The van der Waals surface area contributed by atoms with Crippen LogP contribution in [0.5, 0.6) is 0 Å². The molecule has 2 amide bonds. The van der Waals surface area contributed by atoms with Gasteiger partial charge in [-0.05, 0) is 77.1 Å². The Balaban J connectivity index is 1.54. The smallest absolute Gasteiger partial charge is 0.268 e. The molecule has 1 saturated carbocycles. The molecule has 2 heterocycles. The van der Waals surface area contributed by atoms with Gasteiger partial charge in [-0.2, -0.15) is 0 Å². The zero-order chi connectivity index (χ0) is 24.6. The van der Waals surface area contributed by atoms with Gasteiger partial charge in [-0.3, -0.25) is 14.4 Å². The van der Waals surface area contributed by atoms with Crippen LogP contribution in [0.15, 0.2) is 16.9 Å². The highest BCUT2D eigenvalue weighted by molar-refractivity contribution is 9.10. The first-order chi connectivity index (χ1) is 16.1. The van der Waals surface area contributed by atoms with E-state index in [0.29, 0.717) is 52.3 Å². The number of nitrogens with zero attached hydrogens (tertiary/aromatic N) is 1. The summed E-state index contributed by atoms with van der Waals surface area (Å²) < 4.78 is 0.713. The van der Waals surface area contributed by atoms with Gasteiger partial charge in [-0.25, -0.2) is 4.98 Å². The van der Waals surface area contributed by atoms with Gasteiger partial charge in [-0.1, -0.05) is 33.6 Å². The molecule has 0 aliphatic heterocycles. The Morgan fingerprint density at radius 1 is 1.29 bits per heavy atom. The van der Waals surface area contributed by atoms with Crippen molar-refractivity contribution in [1.29, 1.82) is 0 Å². The Kier molecular flexibility index (Phi) is 6.99. The third kappa shape index (κ3) is 5.43. The number of anilines is 1. The molecule has 1 atom stereocenters. The number of halogens is 1. The lowest BCUT2D eigenvalue weighted by atomic mass is 9.75. The fraction of sp³-hybridized carbons (Fsp3) is 0.538. The second kappa shape index (κ2) is 9.64. The summed E-state index contributed by atoms with van der Waals surface area (Å²) in [7, 11) is 0. The van der Waals surface area contributed by atoms with E-state index < -0.39 is 6.04 Å². The van der Waals surface area contributed by atoms with Crippen molar-refractivity contribution in [2.45, 2.75) is 78.7 Å². The first kappa shape index (κ1) is 24.6. The van der Waals surface area contributed by atoms with Crippen LogP contribution in [0.2, 0.25) is 0 Å². The largest absolute Gasteiger partial charge is 0.354 e. The molecular weight excluding hydrogens is 496 g/mol. The van der Waals surface area contributed by atoms with E-state index in [2.05, 4.69) is 50.4 Å². The minimum atomic E-state index is -0.673. The predicted octanol–water partition coefficient (Wildman–Crippen LogP) is 5.13. The maximum Gasteiger partial charge on any atom is 0.268 e. The zero-order valence-electron chi connectivity index (χ0n) is 20.3. The summed E-state index contributed by atoms with van der Waals surface area (Å²) >= 11 is 3.37. The number of aromatic amines is 1. The molecule has 1 unspecified atom stereocenters. The number of hydrogen-bond acceptors (Lipinski definition) is 4. The number of H-pyrrole nitrogens is 1. The Morgan fingerprint density at radius 2 is 2.03 bits per heavy atom. The number of amides is 2. The maximum absolute atomic E-state index is 13.3. The molecule has 1 fully saturated rings. The van der Waals surface area contributed by atoms with Gasteiger partial charge in [0.15, 0.2) is 5.78 Å². The van der Waals surface area contributed by atoms with Crippen molar-refractivity contribution in [3.05, 3.63) is 44.9 Å². The van der Waals surface area contributed by atoms with Gasteiger partial charge in [0.05, 0.1) is 11.9 Å². The molecule has 3 N–H and O–H groups in total. The minimum absolute atomic E-state index is 0.0666. The SMILES string of the molecule is CCc1cc(Br)ncc1NC(=O)C(CCC1CC1)NC(=O)c1[nH]c2c(c1C)C(=O)CC(C)(C)C2.